The number of imidazole rings is 1. The molecule has 0 atom stereocenters. The highest BCUT2D eigenvalue weighted by Gasteiger charge is 2.13. The van der Waals surface area contributed by atoms with Crippen molar-refractivity contribution >= 4 is 12.0 Å². The number of hydrogen-bond acceptors (Lipinski definition) is 5. The molecule has 0 saturated carbocycles. The topological polar surface area (TPSA) is 87.3 Å². The Morgan fingerprint density at radius 3 is 2.71 bits per heavy atom. The van der Waals surface area contributed by atoms with E-state index in [0.29, 0.717) is 18.6 Å². The summed E-state index contributed by atoms with van der Waals surface area (Å²) in [6.07, 6.45) is 11.5. The first-order valence-electron chi connectivity index (χ1n) is 8.03. The van der Waals surface area contributed by atoms with E-state index in [4.69, 9.17) is 4.74 Å². The molecule has 1 heterocycles. The Hall–Kier alpha value is -2.70. The number of ether oxygens (including phenoxy) is 1. The second kappa shape index (κ2) is 9.44. The highest BCUT2D eigenvalue weighted by atomic mass is 16.6. The molecule has 24 heavy (non-hydrogen) atoms. The van der Waals surface area contributed by atoms with E-state index in [1.807, 2.05) is 12.5 Å². The summed E-state index contributed by atoms with van der Waals surface area (Å²) < 4.78 is 7.63. The highest BCUT2D eigenvalue weighted by Crippen LogP contribution is 2.22. The van der Waals surface area contributed by atoms with Crippen LogP contribution in [0, 0.1) is 10.1 Å². The number of aromatic nitrogens is 2. The minimum atomic E-state index is -0.572. The molecule has 1 aromatic heterocycles. The van der Waals surface area contributed by atoms with Gasteiger partial charge in [0.2, 0.25) is 0 Å². The standard InChI is InChI=1S/C17H21N3O4/c21-13-15-12-16(6-7-17(15)20(22)23)24-11-5-3-1-2-4-9-19-10-8-18-14-19/h6-8,10,12-14H,1-5,9,11H2. The Bertz CT molecular complexity index is 656. The summed E-state index contributed by atoms with van der Waals surface area (Å²) in [5, 5.41) is 10.8. The maximum absolute atomic E-state index is 10.9. The number of unbranched alkanes of at least 4 members (excludes halogenated alkanes) is 4. The zero-order chi connectivity index (χ0) is 17.2. The van der Waals surface area contributed by atoms with Crippen molar-refractivity contribution in [1.29, 1.82) is 0 Å². The second-order valence-electron chi connectivity index (χ2n) is 5.51. The predicted octanol–water partition coefficient (Wildman–Crippen LogP) is 3.63. The molecule has 1 aromatic carbocycles. The molecule has 0 amide bonds. The number of carbonyl (C=O) groups is 1. The van der Waals surface area contributed by atoms with Gasteiger partial charge in [-0.05, 0) is 25.0 Å². The summed E-state index contributed by atoms with van der Waals surface area (Å²) >= 11 is 0. The number of hydrogen-bond donors (Lipinski definition) is 0. The van der Waals surface area contributed by atoms with Gasteiger partial charge in [-0.2, -0.15) is 0 Å². The molecule has 0 aliphatic heterocycles. The van der Waals surface area contributed by atoms with E-state index in [2.05, 4.69) is 9.55 Å². The third-order valence-electron chi connectivity index (χ3n) is 3.71. The van der Waals surface area contributed by atoms with Crippen LogP contribution in [0.25, 0.3) is 0 Å². The van der Waals surface area contributed by atoms with Gasteiger partial charge in [-0.1, -0.05) is 19.3 Å². The van der Waals surface area contributed by atoms with E-state index < -0.39 is 4.92 Å². The molecule has 2 aromatic rings. The zero-order valence-corrected chi connectivity index (χ0v) is 13.5. The van der Waals surface area contributed by atoms with Crippen LogP contribution < -0.4 is 4.74 Å². The maximum Gasteiger partial charge on any atom is 0.280 e. The summed E-state index contributed by atoms with van der Waals surface area (Å²) in [6.45, 7) is 1.53. The van der Waals surface area contributed by atoms with Crippen molar-refractivity contribution in [3.8, 4) is 5.75 Å². The molecule has 0 N–H and O–H groups in total. The fourth-order valence-electron chi connectivity index (χ4n) is 2.42. The molecule has 2 rings (SSSR count). The Labute approximate surface area is 140 Å². The van der Waals surface area contributed by atoms with Crippen LogP contribution in [-0.4, -0.2) is 27.4 Å². The first-order chi connectivity index (χ1) is 11.7. The van der Waals surface area contributed by atoms with Gasteiger partial charge in [0.05, 0.1) is 23.4 Å². The lowest BCUT2D eigenvalue weighted by molar-refractivity contribution is -0.385. The van der Waals surface area contributed by atoms with Crippen LogP contribution in [0.1, 0.15) is 42.5 Å². The smallest absolute Gasteiger partial charge is 0.280 e. The first-order valence-corrected chi connectivity index (χ1v) is 8.03. The van der Waals surface area contributed by atoms with Gasteiger partial charge in [0.25, 0.3) is 5.69 Å². The number of nitro groups is 1. The summed E-state index contributed by atoms with van der Waals surface area (Å²) in [7, 11) is 0. The number of benzene rings is 1. The summed E-state index contributed by atoms with van der Waals surface area (Å²) in [5.74, 6) is 0.489. The fourth-order valence-corrected chi connectivity index (χ4v) is 2.42. The van der Waals surface area contributed by atoms with E-state index in [0.717, 1.165) is 38.6 Å². The number of rotatable bonds is 11. The number of nitrogens with zero attached hydrogens (tertiary/aromatic N) is 3. The second-order valence-corrected chi connectivity index (χ2v) is 5.51. The average molecular weight is 331 g/mol. The van der Waals surface area contributed by atoms with Crippen molar-refractivity contribution in [3.05, 3.63) is 52.6 Å². The minimum absolute atomic E-state index is 0.0389. The Morgan fingerprint density at radius 1 is 1.21 bits per heavy atom. The fraction of sp³-hybridized carbons (Fsp3) is 0.412. The third kappa shape index (κ3) is 5.49. The van der Waals surface area contributed by atoms with E-state index in [1.54, 1.807) is 6.20 Å². The molecule has 128 valence electrons. The predicted molar refractivity (Wildman–Crippen MR) is 89.3 cm³/mol. The average Bonchev–Trinajstić information content (AvgIpc) is 3.10. The minimum Gasteiger partial charge on any atom is -0.494 e. The highest BCUT2D eigenvalue weighted by molar-refractivity contribution is 5.82. The Balaban J connectivity index is 1.60. The monoisotopic (exact) mass is 331 g/mol. The first kappa shape index (κ1) is 17.7. The molecule has 0 aliphatic carbocycles. The SMILES string of the molecule is O=Cc1cc(OCCCCCCCn2ccnc2)ccc1[N+](=O)[O-]. The molecule has 0 aliphatic rings. The maximum atomic E-state index is 10.9. The lowest BCUT2D eigenvalue weighted by Crippen LogP contribution is -2.00. The number of carbonyl (C=O) groups excluding carboxylic acids is 1. The van der Waals surface area contributed by atoms with Crippen LogP contribution in [-0.2, 0) is 6.54 Å². The molecule has 7 heteroatoms. The quantitative estimate of drug-likeness (QED) is 0.271. The molecular formula is C17H21N3O4. The van der Waals surface area contributed by atoms with Gasteiger partial charge in [0.1, 0.15) is 5.75 Å². The van der Waals surface area contributed by atoms with Gasteiger partial charge < -0.3 is 9.30 Å². The van der Waals surface area contributed by atoms with Crippen molar-refractivity contribution < 1.29 is 14.5 Å². The van der Waals surface area contributed by atoms with Gasteiger partial charge in [0.15, 0.2) is 6.29 Å². The van der Waals surface area contributed by atoms with E-state index in [9.17, 15) is 14.9 Å². The molecule has 0 radical (unpaired) electrons. The molecule has 0 bridgehead atoms. The van der Waals surface area contributed by atoms with Gasteiger partial charge in [-0.3, -0.25) is 14.9 Å². The van der Waals surface area contributed by atoms with Crippen LogP contribution >= 0.6 is 0 Å². The van der Waals surface area contributed by atoms with Crippen LogP contribution in [0.15, 0.2) is 36.9 Å². The van der Waals surface area contributed by atoms with E-state index >= 15 is 0 Å². The van der Waals surface area contributed by atoms with Gasteiger partial charge >= 0.3 is 0 Å². The van der Waals surface area contributed by atoms with Crippen molar-refractivity contribution in [1.82, 2.24) is 9.55 Å². The van der Waals surface area contributed by atoms with Gasteiger partial charge in [-0.25, -0.2) is 4.98 Å². The van der Waals surface area contributed by atoms with Gasteiger partial charge in [-0.15, -0.1) is 0 Å². The molecule has 0 saturated heterocycles. The summed E-state index contributed by atoms with van der Waals surface area (Å²) in [4.78, 5) is 25.1. The Kier molecular flexibility index (Phi) is 6.94. The van der Waals surface area contributed by atoms with E-state index in [-0.39, 0.29) is 11.3 Å². The van der Waals surface area contributed by atoms with Crippen LogP contribution in [0.3, 0.4) is 0 Å². The molecular weight excluding hydrogens is 310 g/mol. The van der Waals surface area contributed by atoms with Crippen molar-refractivity contribution in [2.24, 2.45) is 0 Å². The molecule has 0 unspecified atom stereocenters. The lowest BCUT2D eigenvalue weighted by atomic mass is 10.1. The van der Waals surface area contributed by atoms with Crippen molar-refractivity contribution in [2.75, 3.05) is 6.61 Å². The summed E-state index contributed by atoms with van der Waals surface area (Å²) in [6, 6.07) is 4.24. The summed E-state index contributed by atoms with van der Waals surface area (Å²) in [5.41, 5.74) is -0.160. The van der Waals surface area contributed by atoms with Crippen molar-refractivity contribution in [2.45, 2.75) is 38.6 Å². The zero-order valence-electron chi connectivity index (χ0n) is 13.5. The van der Waals surface area contributed by atoms with E-state index in [1.165, 1.54) is 18.2 Å². The number of aldehydes is 1. The molecule has 0 spiro atoms. The largest absolute Gasteiger partial charge is 0.494 e. The molecule has 0 fully saturated rings. The number of nitro benzene ring substituents is 1. The molecule has 7 nitrogen and oxygen atoms in total. The van der Waals surface area contributed by atoms with Crippen LogP contribution in [0.2, 0.25) is 0 Å². The third-order valence-corrected chi connectivity index (χ3v) is 3.71. The normalized spacial score (nSPS) is 10.5. The van der Waals surface area contributed by atoms with Crippen LogP contribution in [0.5, 0.6) is 5.75 Å². The number of aryl methyl sites for hydroxylation is 1. The van der Waals surface area contributed by atoms with Crippen LogP contribution in [0.4, 0.5) is 5.69 Å². The lowest BCUT2D eigenvalue weighted by Gasteiger charge is -2.07. The van der Waals surface area contributed by atoms with Crippen molar-refractivity contribution in [3.63, 3.8) is 0 Å². The Morgan fingerprint density at radius 2 is 2.00 bits per heavy atom. The van der Waals surface area contributed by atoms with Gasteiger partial charge in [0, 0.05) is 25.0 Å².